The monoisotopic (exact) mass is 486 g/mol. The lowest BCUT2D eigenvalue weighted by Gasteiger charge is -2.12. The Morgan fingerprint density at radius 3 is 2.39 bits per heavy atom. The van der Waals surface area contributed by atoms with Crippen LogP contribution < -0.4 is 11.2 Å². The van der Waals surface area contributed by atoms with Gasteiger partial charge in [-0.25, -0.2) is 14.2 Å². The number of aromatic nitrogens is 6. The van der Waals surface area contributed by atoms with E-state index in [1.165, 1.54) is 19.2 Å². The van der Waals surface area contributed by atoms with Gasteiger partial charge in [0.1, 0.15) is 16.9 Å². The summed E-state index contributed by atoms with van der Waals surface area (Å²) in [6.45, 7) is 4.77. The quantitative estimate of drug-likeness (QED) is 0.366. The van der Waals surface area contributed by atoms with Crippen LogP contribution in [0.25, 0.3) is 33.7 Å². The lowest BCUT2D eigenvalue weighted by molar-refractivity contribution is 0.498. The molecule has 0 aliphatic rings. The van der Waals surface area contributed by atoms with Gasteiger partial charge in [-0.15, -0.1) is 0 Å². The number of fused-ring (bicyclic) bond motifs is 1. The molecule has 184 valence electrons. The van der Waals surface area contributed by atoms with Gasteiger partial charge in [-0.3, -0.25) is 18.6 Å². The minimum absolute atomic E-state index is 0.171. The second kappa shape index (κ2) is 9.07. The minimum Gasteiger partial charge on any atom is -0.333 e. The molecule has 0 atom stereocenters. The summed E-state index contributed by atoms with van der Waals surface area (Å²) in [7, 11) is 3.34. The predicted octanol–water partition coefficient (Wildman–Crippen LogP) is 3.81. The van der Waals surface area contributed by atoms with E-state index in [4.69, 9.17) is 5.10 Å². The van der Waals surface area contributed by atoms with E-state index in [0.717, 1.165) is 21.3 Å². The van der Waals surface area contributed by atoms with E-state index in [-0.39, 0.29) is 11.7 Å². The number of imidazole rings is 1. The molecule has 0 bridgehead atoms. The molecule has 0 unspecified atom stereocenters. The highest BCUT2D eigenvalue weighted by Crippen LogP contribution is 2.29. The van der Waals surface area contributed by atoms with Gasteiger partial charge in [0.25, 0.3) is 5.56 Å². The van der Waals surface area contributed by atoms with E-state index in [1.54, 1.807) is 33.8 Å². The van der Waals surface area contributed by atoms with Crippen LogP contribution in [0.15, 0.2) is 70.5 Å². The maximum atomic E-state index is 13.6. The van der Waals surface area contributed by atoms with Crippen molar-refractivity contribution < 1.29 is 4.39 Å². The van der Waals surface area contributed by atoms with Crippen molar-refractivity contribution in [2.45, 2.75) is 26.9 Å². The van der Waals surface area contributed by atoms with Gasteiger partial charge in [0.2, 0.25) is 0 Å². The first-order chi connectivity index (χ1) is 17.3. The Hall–Kier alpha value is -4.27. The van der Waals surface area contributed by atoms with Gasteiger partial charge >= 0.3 is 5.69 Å². The second-order valence-corrected chi connectivity index (χ2v) is 9.38. The molecule has 3 aromatic heterocycles. The lowest BCUT2D eigenvalue weighted by Crippen LogP contribution is -2.38. The molecular weight excluding hydrogens is 459 g/mol. The number of nitrogens with zero attached hydrogens (tertiary/aromatic N) is 6. The highest BCUT2D eigenvalue weighted by atomic mass is 19.1. The molecule has 0 saturated heterocycles. The van der Waals surface area contributed by atoms with Crippen LogP contribution in [0.2, 0.25) is 0 Å². The summed E-state index contributed by atoms with van der Waals surface area (Å²) in [5.41, 5.74) is 2.81. The van der Waals surface area contributed by atoms with Crippen LogP contribution in [0.1, 0.15) is 19.4 Å². The van der Waals surface area contributed by atoms with Crippen molar-refractivity contribution in [1.29, 1.82) is 0 Å². The Morgan fingerprint density at radius 2 is 1.72 bits per heavy atom. The molecule has 0 saturated carbocycles. The van der Waals surface area contributed by atoms with Crippen molar-refractivity contribution >= 4 is 11.0 Å². The standard InChI is InChI=1S/C27H27FN6O2/c1-17(2)15-33-24-22(26(35)32(4)27(33)36)23(25-29-13-14-31(25)3)34(30-24)16-19-7-5-6-8-21(19)18-9-11-20(28)12-10-18/h5-14,17H,15-16H2,1-4H3. The predicted molar refractivity (Wildman–Crippen MR) is 137 cm³/mol. The number of benzene rings is 2. The summed E-state index contributed by atoms with van der Waals surface area (Å²) >= 11 is 0. The Labute approximate surface area is 206 Å². The Balaban J connectivity index is 1.79. The first-order valence-electron chi connectivity index (χ1n) is 11.8. The molecule has 2 aromatic carbocycles. The average molecular weight is 487 g/mol. The number of rotatable bonds is 6. The third kappa shape index (κ3) is 3.96. The largest absolute Gasteiger partial charge is 0.333 e. The molecule has 36 heavy (non-hydrogen) atoms. The summed E-state index contributed by atoms with van der Waals surface area (Å²) < 4.78 is 19.8. The summed E-state index contributed by atoms with van der Waals surface area (Å²) in [4.78, 5) is 31.0. The van der Waals surface area contributed by atoms with E-state index < -0.39 is 11.2 Å². The fraction of sp³-hybridized carbons (Fsp3) is 0.259. The highest BCUT2D eigenvalue weighted by molar-refractivity contribution is 5.89. The van der Waals surface area contributed by atoms with Crippen LogP contribution in [0, 0.1) is 11.7 Å². The van der Waals surface area contributed by atoms with E-state index >= 15 is 0 Å². The summed E-state index contributed by atoms with van der Waals surface area (Å²) in [6.07, 6.45) is 3.47. The van der Waals surface area contributed by atoms with Crippen LogP contribution in [0.3, 0.4) is 0 Å². The lowest BCUT2D eigenvalue weighted by atomic mass is 9.99. The van der Waals surface area contributed by atoms with Gasteiger partial charge in [-0.2, -0.15) is 5.10 Å². The molecule has 9 heteroatoms. The smallest absolute Gasteiger partial charge is 0.332 e. The van der Waals surface area contributed by atoms with Crippen molar-refractivity contribution in [2.24, 2.45) is 20.0 Å². The molecule has 0 aliphatic carbocycles. The Kier molecular flexibility index (Phi) is 5.91. The number of aryl methyl sites for hydroxylation is 1. The highest BCUT2D eigenvalue weighted by Gasteiger charge is 2.25. The summed E-state index contributed by atoms with van der Waals surface area (Å²) in [5.74, 6) is 0.443. The molecule has 0 aliphatic heterocycles. The fourth-order valence-electron chi connectivity index (χ4n) is 4.56. The van der Waals surface area contributed by atoms with Crippen molar-refractivity contribution in [1.82, 2.24) is 28.5 Å². The van der Waals surface area contributed by atoms with E-state index in [2.05, 4.69) is 4.98 Å². The summed E-state index contributed by atoms with van der Waals surface area (Å²) in [6, 6.07) is 14.2. The van der Waals surface area contributed by atoms with Crippen molar-refractivity contribution in [3.05, 3.63) is 93.1 Å². The fourth-order valence-corrected chi connectivity index (χ4v) is 4.56. The zero-order valence-electron chi connectivity index (χ0n) is 20.6. The third-order valence-electron chi connectivity index (χ3n) is 6.30. The molecular formula is C27H27FN6O2. The van der Waals surface area contributed by atoms with Crippen molar-refractivity contribution in [2.75, 3.05) is 0 Å². The Bertz CT molecular complexity index is 1690. The summed E-state index contributed by atoms with van der Waals surface area (Å²) in [5, 5.41) is 5.18. The minimum atomic E-state index is -0.411. The SMILES string of the molecule is CC(C)Cn1c(=O)n(C)c(=O)c2c(-c3nccn3C)n(Cc3ccccc3-c3ccc(F)cc3)nc21. The molecule has 5 rings (SSSR count). The molecule has 0 radical (unpaired) electrons. The molecule has 0 amide bonds. The van der Waals surface area contributed by atoms with E-state index in [0.29, 0.717) is 35.6 Å². The molecule has 8 nitrogen and oxygen atoms in total. The van der Waals surface area contributed by atoms with Crippen LogP contribution in [0.5, 0.6) is 0 Å². The van der Waals surface area contributed by atoms with Crippen LogP contribution in [-0.2, 0) is 27.2 Å². The molecule has 0 N–H and O–H groups in total. The van der Waals surface area contributed by atoms with Crippen molar-refractivity contribution in [3.8, 4) is 22.6 Å². The maximum Gasteiger partial charge on any atom is 0.332 e. The maximum absolute atomic E-state index is 13.6. The van der Waals surface area contributed by atoms with Crippen LogP contribution in [0.4, 0.5) is 4.39 Å². The van der Waals surface area contributed by atoms with Crippen LogP contribution in [-0.4, -0.2) is 28.5 Å². The van der Waals surface area contributed by atoms with Crippen molar-refractivity contribution in [3.63, 3.8) is 0 Å². The van der Waals surface area contributed by atoms with Crippen LogP contribution >= 0.6 is 0 Å². The average Bonchev–Trinajstić information content (AvgIpc) is 3.44. The normalized spacial score (nSPS) is 11.6. The van der Waals surface area contributed by atoms with Gasteiger partial charge in [0.05, 0.1) is 6.54 Å². The van der Waals surface area contributed by atoms with E-state index in [1.807, 2.05) is 49.7 Å². The number of hydrogen-bond acceptors (Lipinski definition) is 4. The van der Waals surface area contributed by atoms with Gasteiger partial charge in [-0.05, 0) is 34.7 Å². The Morgan fingerprint density at radius 1 is 1.00 bits per heavy atom. The molecule has 0 spiro atoms. The van der Waals surface area contributed by atoms with Gasteiger partial charge in [0, 0.05) is 33.0 Å². The number of hydrogen-bond donors (Lipinski definition) is 0. The first kappa shape index (κ1) is 23.5. The first-order valence-corrected chi connectivity index (χ1v) is 11.8. The van der Waals surface area contributed by atoms with Gasteiger partial charge < -0.3 is 4.57 Å². The molecule has 0 fully saturated rings. The zero-order chi connectivity index (χ0) is 25.6. The second-order valence-electron chi connectivity index (χ2n) is 9.38. The topological polar surface area (TPSA) is 79.6 Å². The molecule has 3 heterocycles. The van der Waals surface area contributed by atoms with Gasteiger partial charge in [-0.1, -0.05) is 50.2 Å². The zero-order valence-corrected chi connectivity index (χ0v) is 20.6. The van der Waals surface area contributed by atoms with Gasteiger partial charge in [0.15, 0.2) is 11.5 Å². The number of halogens is 1. The third-order valence-corrected chi connectivity index (χ3v) is 6.30. The van der Waals surface area contributed by atoms with E-state index in [9.17, 15) is 14.0 Å². The molecule has 5 aromatic rings.